The van der Waals surface area contributed by atoms with Crippen LogP contribution in [-0.4, -0.2) is 28.3 Å². The zero-order chi connectivity index (χ0) is 13.2. The fourth-order valence-electron chi connectivity index (χ4n) is 2.09. The average molecular weight is 257 g/mol. The van der Waals surface area contributed by atoms with Crippen molar-refractivity contribution < 1.29 is 4.79 Å². The molecule has 1 unspecified atom stereocenters. The van der Waals surface area contributed by atoms with Crippen LogP contribution in [0, 0.1) is 0 Å². The van der Waals surface area contributed by atoms with Crippen molar-refractivity contribution in [2.45, 2.75) is 6.04 Å². The van der Waals surface area contributed by atoms with Crippen LogP contribution in [0.5, 0.6) is 0 Å². The summed E-state index contributed by atoms with van der Waals surface area (Å²) in [4.78, 5) is 12.1. The van der Waals surface area contributed by atoms with E-state index in [4.69, 9.17) is 0 Å². The van der Waals surface area contributed by atoms with E-state index in [0.717, 1.165) is 11.4 Å². The third-order valence-corrected chi connectivity index (χ3v) is 3.04. The normalized spacial score (nSPS) is 17.0. The maximum Gasteiger partial charge on any atom is 0.248 e. The van der Waals surface area contributed by atoms with E-state index in [1.165, 1.54) is 0 Å². The molecule has 3 N–H and O–H groups in total. The highest BCUT2D eigenvalue weighted by atomic mass is 16.2. The summed E-state index contributed by atoms with van der Waals surface area (Å²) in [6.45, 7) is 0.559. The first-order valence-corrected chi connectivity index (χ1v) is 6.11. The van der Waals surface area contributed by atoms with Gasteiger partial charge in [-0.25, -0.2) is 0 Å². The van der Waals surface area contributed by atoms with Crippen LogP contribution in [0.15, 0.2) is 36.7 Å². The molecule has 6 heteroatoms. The first-order chi connectivity index (χ1) is 9.22. The van der Waals surface area contributed by atoms with Crippen LogP contribution in [0.2, 0.25) is 0 Å². The zero-order valence-corrected chi connectivity index (χ0v) is 10.6. The molecule has 1 aliphatic rings. The molecule has 0 saturated heterocycles. The molecule has 1 atom stereocenters. The van der Waals surface area contributed by atoms with Crippen molar-refractivity contribution in [2.24, 2.45) is 7.05 Å². The number of nitrogens with zero attached hydrogens (tertiary/aromatic N) is 2. The monoisotopic (exact) mass is 257 g/mol. The molecule has 0 saturated carbocycles. The molecular formula is C13H15N5O. The second-order valence-electron chi connectivity index (χ2n) is 4.52. The van der Waals surface area contributed by atoms with Gasteiger partial charge in [0.15, 0.2) is 0 Å². The molecule has 1 aromatic heterocycles. The van der Waals surface area contributed by atoms with Gasteiger partial charge in [-0.2, -0.15) is 5.10 Å². The topological polar surface area (TPSA) is 71.0 Å². The first kappa shape index (κ1) is 11.6. The number of aromatic nitrogens is 2. The van der Waals surface area contributed by atoms with E-state index in [9.17, 15) is 4.79 Å². The number of fused-ring (bicyclic) bond motifs is 1. The number of carbonyl (C=O) groups is 1. The molecule has 0 radical (unpaired) electrons. The summed E-state index contributed by atoms with van der Waals surface area (Å²) in [5.41, 5.74) is 2.67. The number of hydrogen-bond donors (Lipinski definition) is 3. The molecule has 2 aromatic rings. The Kier molecular flexibility index (Phi) is 2.83. The SMILES string of the molecule is Cn1cc(NC(=O)C2CNc3ccccc3N2)cn1. The lowest BCUT2D eigenvalue weighted by Crippen LogP contribution is -2.42. The van der Waals surface area contributed by atoms with Gasteiger partial charge in [-0.05, 0) is 12.1 Å². The third-order valence-electron chi connectivity index (χ3n) is 3.04. The second-order valence-corrected chi connectivity index (χ2v) is 4.52. The highest BCUT2D eigenvalue weighted by molar-refractivity contribution is 5.98. The molecule has 6 nitrogen and oxygen atoms in total. The van der Waals surface area contributed by atoms with E-state index >= 15 is 0 Å². The Labute approximate surface area is 110 Å². The zero-order valence-electron chi connectivity index (χ0n) is 10.6. The van der Waals surface area contributed by atoms with E-state index in [2.05, 4.69) is 21.0 Å². The minimum absolute atomic E-state index is 0.0741. The Morgan fingerprint density at radius 1 is 1.42 bits per heavy atom. The number of para-hydroxylation sites is 2. The lowest BCUT2D eigenvalue weighted by Gasteiger charge is -2.27. The number of nitrogens with one attached hydrogen (secondary N) is 3. The van der Waals surface area contributed by atoms with E-state index in [1.54, 1.807) is 17.1 Å². The standard InChI is InChI=1S/C13H15N5O/c1-18-8-9(6-15-18)16-13(19)12-7-14-10-4-2-3-5-11(10)17-12/h2-6,8,12,14,17H,7H2,1H3,(H,16,19). The summed E-state index contributed by atoms with van der Waals surface area (Å²) in [6.07, 6.45) is 3.39. The fourth-order valence-corrected chi connectivity index (χ4v) is 2.09. The smallest absolute Gasteiger partial charge is 0.248 e. The van der Waals surface area contributed by atoms with Crippen LogP contribution >= 0.6 is 0 Å². The van der Waals surface area contributed by atoms with E-state index in [-0.39, 0.29) is 11.9 Å². The minimum atomic E-state index is -0.296. The molecule has 0 aliphatic carbocycles. The van der Waals surface area contributed by atoms with Gasteiger partial charge in [0.25, 0.3) is 0 Å². The number of aryl methyl sites for hydroxylation is 1. The number of benzene rings is 1. The predicted octanol–water partition coefficient (Wildman–Crippen LogP) is 1.26. The van der Waals surface area contributed by atoms with Crippen LogP contribution in [0.4, 0.5) is 17.1 Å². The van der Waals surface area contributed by atoms with Gasteiger partial charge in [0, 0.05) is 19.8 Å². The van der Waals surface area contributed by atoms with Gasteiger partial charge >= 0.3 is 0 Å². The van der Waals surface area contributed by atoms with E-state index < -0.39 is 0 Å². The first-order valence-electron chi connectivity index (χ1n) is 6.11. The Balaban J connectivity index is 1.69. The number of anilines is 3. The number of rotatable bonds is 2. The summed E-state index contributed by atoms with van der Waals surface area (Å²) >= 11 is 0. The van der Waals surface area contributed by atoms with Gasteiger partial charge in [0.1, 0.15) is 6.04 Å². The van der Waals surface area contributed by atoms with Crippen LogP contribution < -0.4 is 16.0 Å². The van der Waals surface area contributed by atoms with Crippen molar-refractivity contribution in [2.75, 3.05) is 22.5 Å². The highest BCUT2D eigenvalue weighted by Gasteiger charge is 2.23. The van der Waals surface area contributed by atoms with E-state index in [0.29, 0.717) is 12.2 Å². The Bertz CT molecular complexity index is 607. The maximum atomic E-state index is 12.1. The number of hydrogen-bond acceptors (Lipinski definition) is 4. The van der Waals surface area contributed by atoms with Gasteiger partial charge < -0.3 is 16.0 Å². The minimum Gasteiger partial charge on any atom is -0.381 e. The third kappa shape index (κ3) is 2.37. The fraction of sp³-hybridized carbons (Fsp3) is 0.231. The molecule has 19 heavy (non-hydrogen) atoms. The molecule has 98 valence electrons. The maximum absolute atomic E-state index is 12.1. The van der Waals surface area contributed by atoms with Crippen LogP contribution in [0.1, 0.15) is 0 Å². The molecular weight excluding hydrogens is 242 g/mol. The molecule has 1 aromatic carbocycles. The van der Waals surface area contributed by atoms with E-state index in [1.807, 2.05) is 31.3 Å². The van der Waals surface area contributed by atoms with Crippen LogP contribution in [0.3, 0.4) is 0 Å². The van der Waals surface area contributed by atoms with Crippen molar-refractivity contribution in [3.05, 3.63) is 36.7 Å². The van der Waals surface area contributed by atoms with Gasteiger partial charge in [-0.1, -0.05) is 12.1 Å². The summed E-state index contributed by atoms with van der Waals surface area (Å²) in [7, 11) is 1.81. The summed E-state index contributed by atoms with van der Waals surface area (Å²) < 4.78 is 1.65. The largest absolute Gasteiger partial charge is 0.381 e. The Morgan fingerprint density at radius 2 is 2.21 bits per heavy atom. The summed E-state index contributed by atoms with van der Waals surface area (Å²) in [5, 5.41) is 13.3. The van der Waals surface area contributed by atoms with Crippen molar-refractivity contribution in [3.63, 3.8) is 0 Å². The molecule has 1 aliphatic heterocycles. The Morgan fingerprint density at radius 3 is 2.95 bits per heavy atom. The average Bonchev–Trinajstić information content (AvgIpc) is 2.83. The van der Waals surface area contributed by atoms with Crippen molar-refractivity contribution in [1.29, 1.82) is 0 Å². The quantitative estimate of drug-likeness (QED) is 0.757. The lowest BCUT2D eigenvalue weighted by molar-refractivity contribution is -0.116. The number of amides is 1. The van der Waals surface area contributed by atoms with Gasteiger partial charge in [-0.3, -0.25) is 9.48 Å². The molecule has 0 fully saturated rings. The predicted molar refractivity (Wildman–Crippen MR) is 74.2 cm³/mol. The molecule has 1 amide bonds. The molecule has 2 heterocycles. The summed E-state index contributed by atoms with van der Waals surface area (Å²) in [6, 6.07) is 7.54. The Hall–Kier alpha value is -2.50. The molecule has 0 bridgehead atoms. The van der Waals surface area contributed by atoms with Crippen LogP contribution in [0.25, 0.3) is 0 Å². The molecule has 3 rings (SSSR count). The number of carbonyl (C=O) groups excluding carboxylic acids is 1. The van der Waals surface area contributed by atoms with Crippen molar-refractivity contribution in [3.8, 4) is 0 Å². The van der Waals surface area contributed by atoms with Crippen molar-refractivity contribution >= 4 is 23.0 Å². The van der Waals surface area contributed by atoms with Gasteiger partial charge in [-0.15, -0.1) is 0 Å². The highest BCUT2D eigenvalue weighted by Crippen LogP contribution is 2.25. The summed E-state index contributed by atoms with van der Waals surface area (Å²) in [5.74, 6) is -0.0741. The van der Waals surface area contributed by atoms with Crippen LogP contribution in [-0.2, 0) is 11.8 Å². The van der Waals surface area contributed by atoms with Crippen molar-refractivity contribution in [1.82, 2.24) is 9.78 Å². The second kappa shape index (κ2) is 4.64. The van der Waals surface area contributed by atoms with Gasteiger partial charge in [0.2, 0.25) is 5.91 Å². The molecule has 0 spiro atoms. The van der Waals surface area contributed by atoms with Gasteiger partial charge in [0.05, 0.1) is 23.3 Å². The lowest BCUT2D eigenvalue weighted by atomic mass is 10.1.